The standard InChI is InChI=1S/C9H20NO.ClH.H2O/c1-4-10(5-2,6-3)7-9-8-11-9;;/h9H,4-8H2,1-3H3;1H;1H2/q+1;;/p-1. The molecule has 4 heteroatoms. The minimum absolute atomic E-state index is 0. The Hall–Kier alpha value is 0.170. The van der Waals surface area contributed by atoms with Gasteiger partial charge in [-0.15, -0.1) is 0 Å². The lowest BCUT2D eigenvalue weighted by atomic mass is 10.3. The average Bonchev–Trinajstić information content (AvgIpc) is 2.84. The summed E-state index contributed by atoms with van der Waals surface area (Å²) in [6.45, 7) is 12.8. The molecule has 1 atom stereocenters. The van der Waals surface area contributed by atoms with Crippen molar-refractivity contribution in [1.29, 1.82) is 0 Å². The topological polar surface area (TPSA) is 44.0 Å². The summed E-state index contributed by atoms with van der Waals surface area (Å²) in [5, 5.41) is 0. The van der Waals surface area contributed by atoms with Crippen LogP contribution in [0.3, 0.4) is 0 Å². The molecule has 0 saturated carbocycles. The van der Waals surface area contributed by atoms with Gasteiger partial charge in [-0.3, -0.25) is 0 Å². The normalized spacial score (nSPS) is 20.1. The number of rotatable bonds is 5. The van der Waals surface area contributed by atoms with E-state index in [0.29, 0.717) is 6.10 Å². The van der Waals surface area contributed by atoms with Gasteiger partial charge >= 0.3 is 0 Å². The van der Waals surface area contributed by atoms with Gasteiger partial charge in [-0.05, 0) is 20.8 Å². The molecule has 0 aromatic carbocycles. The molecule has 1 aliphatic heterocycles. The molecule has 3 nitrogen and oxygen atoms in total. The second-order valence-corrected chi connectivity index (χ2v) is 3.43. The Bertz CT molecular complexity index is 117. The van der Waals surface area contributed by atoms with Crippen LogP contribution in [0, 0.1) is 0 Å². The molecular formula is C9H22ClNO2. The number of halogens is 1. The Morgan fingerprint density at radius 3 is 1.77 bits per heavy atom. The molecule has 1 saturated heterocycles. The molecule has 0 spiro atoms. The van der Waals surface area contributed by atoms with Crippen LogP contribution in [-0.2, 0) is 4.74 Å². The lowest BCUT2D eigenvalue weighted by Gasteiger charge is -2.35. The zero-order valence-electron chi connectivity index (χ0n) is 8.85. The van der Waals surface area contributed by atoms with Crippen LogP contribution in [0.5, 0.6) is 0 Å². The van der Waals surface area contributed by atoms with Crippen LogP contribution in [0.4, 0.5) is 0 Å². The predicted molar refractivity (Wildman–Crippen MR) is 50.1 cm³/mol. The first-order chi connectivity index (χ1) is 5.26. The van der Waals surface area contributed by atoms with Crippen LogP contribution < -0.4 is 12.4 Å². The number of hydrogen-bond acceptors (Lipinski definition) is 1. The SMILES string of the molecule is CC[N+](CC)(CC)CC1CO1.O.[Cl-]. The molecule has 1 fully saturated rings. The lowest BCUT2D eigenvalue weighted by molar-refractivity contribution is -0.923. The maximum absolute atomic E-state index is 5.25. The summed E-state index contributed by atoms with van der Waals surface area (Å²) in [7, 11) is 0. The first kappa shape index (κ1) is 15.6. The van der Waals surface area contributed by atoms with E-state index in [1.807, 2.05) is 0 Å². The summed E-state index contributed by atoms with van der Waals surface area (Å²) in [6.07, 6.45) is 0.579. The highest BCUT2D eigenvalue weighted by atomic mass is 35.5. The van der Waals surface area contributed by atoms with E-state index in [9.17, 15) is 0 Å². The fraction of sp³-hybridized carbons (Fsp3) is 1.00. The number of likely N-dealkylation sites (N-methyl/N-ethyl adjacent to an activating group) is 1. The van der Waals surface area contributed by atoms with Gasteiger partial charge in [-0.25, -0.2) is 0 Å². The minimum atomic E-state index is 0. The summed E-state index contributed by atoms with van der Waals surface area (Å²) in [5.74, 6) is 0. The summed E-state index contributed by atoms with van der Waals surface area (Å²) < 4.78 is 6.48. The summed E-state index contributed by atoms with van der Waals surface area (Å²) in [5.41, 5.74) is 0. The number of ether oxygens (including phenoxy) is 1. The Labute approximate surface area is 87.4 Å². The van der Waals surface area contributed by atoms with Crippen molar-refractivity contribution in [3.8, 4) is 0 Å². The Balaban J connectivity index is 0. The van der Waals surface area contributed by atoms with Crippen molar-refractivity contribution >= 4 is 0 Å². The van der Waals surface area contributed by atoms with Crippen molar-refractivity contribution in [2.45, 2.75) is 26.9 Å². The number of nitrogens with zero attached hydrogens (tertiary/aromatic N) is 1. The average molecular weight is 212 g/mol. The molecule has 82 valence electrons. The van der Waals surface area contributed by atoms with E-state index in [1.54, 1.807) is 0 Å². The molecule has 0 aliphatic carbocycles. The van der Waals surface area contributed by atoms with E-state index in [2.05, 4.69) is 20.8 Å². The van der Waals surface area contributed by atoms with Crippen LogP contribution in [0.2, 0.25) is 0 Å². The van der Waals surface area contributed by atoms with E-state index in [1.165, 1.54) is 30.7 Å². The van der Waals surface area contributed by atoms with E-state index in [0.717, 1.165) is 6.61 Å². The Morgan fingerprint density at radius 2 is 1.54 bits per heavy atom. The highest BCUT2D eigenvalue weighted by Gasteiger charge is 2.33. The maximum atomic E-state index is 5.25. The Kier molecular flexibility index (Phi) is 7.93. The molecule has 1 unspecified atom stereocenters. The number of hydrogen-bond donors (Lipinski definition) is 0. The van der Waals surface area contributed by atoms with E-state index < -0.39 is 0 Å². The highest BCUT2D eigenvalue weighted by molar-refractivity contribution is 4.68. The van der Waals surface area contributed by atoms with Gasteiger partial charge in [0.25, 0.3) is 0 Å². The smallest absolute Gasteiger partial charge is 0.130 e. The fourth-order valence-electron chi connectivity index (χ4n) is 1.66. The third-order valence-electron chi connectivity index (χ3n) is 3.01. The van der Waals surface area contributed by atoms with Crippen molar-refractivity contribution in [2.24, 2.45) is 0 Å². The number of quaternary nitrogens is 1. The second kappa shape index (κ2) is 6.60. The zero-order valence-corrected chi connectivity index (χ0v) is 9.60. The molecule has 2 N–H and O–H groups in total. The van der Waals surface area contributed by atoms with Crippen molar-refractivity contribution in [3.63, 3.8) is 0 Å². The monoisotopic (exact) mass is 211 g/mol. The summed E-state index contributed by atoms with van der Waals surface area (Å²) in [4.78, 5) is 0. The molecule has 1 rings (SSSR count). The van der Waals surface area contributed by atoms with Crippen LogP contribution >= 0.6 is 0 Å². The van der Waals surface area contributed by atoms with Crippen LogP contribution in [0.15, 0.2) is 0 Å². The van der Waals surface area contributed by atoms with Crippen molar-refractivity contribution in [3.05, 3.63) is 0 Å². The first-order valence-corrected chi connectivity index (χ1v) is 4.73. The molecule has 1 heterocycles. The van der Waals surface area contributed by atoms with E-state index in [4.69, 9.17) is 4.74 Å². The van der Waals surface area contributed by atoms with E-state index >= 15 is 0 Å². The molecule has 13 heavy (non-hydrogen) atoms. The summed E-state index contributed by atoms with van der Waals surface area (Å²) >= 11 is 0. The molecule has 0 radical (unpaired) electrons. The largest absolute Gasteiger partial charge is 1.00 e. The van der Waals surface area contributed by atoms with Gasteiger partial charge in [0.1, 0.15) is 12.6 Å². The second-order valence-electron chi connectivity index (χ2n) is 3.43. The molecule has 0 aromatic heterocycles. The van der Waals surface area contributed by atoms with Gasteiger partial charge in [-0.2, -0.15) is 0 Å². The third kappa shape index (κ3) is 4.27. The Morgan fingerprint density at radius 1 is 1.15 bits per heavy atom. The molecular weight excluding hydrogens is 190 g/mol. The van der Waals surface area contributed by atoms with Gasteiger partial charge in [0.05, 0.1) is 26.2 Å². The molecule has 1 aliphatic rings. The van der Waals surface area contributed by atoms with Crippen LogP contribution in [-0.4, -0.2) is 48.8 Å². The van der Waals surface area contributed by atoms with Gasteiger partial charge in [0.2, 0.25) is 0 Å². The zero-order chi connectivity index (χ0) is 8.32. The van der Waals surface area contributed by atoms with Crippen LogP contribution in [0.25, 0.3) is 0 Å². The van der Waals surface area contributed by atoms with Crippen molar-refractivity contribution in [2.75, 3.05) is 32.8 Å². The summed E-state index contributed by atoms with van der Waals surface area (Å²) in [6, 6.07) is 0. The third-order valence-corrected chi connectivity index (χ3v) is 3.01. The quantitative estimate of drug-likeness (QED) is 0.365. The minimum Gasteiger partial charge on any atom is -1.00 e. The predicted octanol–water partition coefficient (Wildman–Crippen LogP) is -2.56. The van der Waals surface area contributed by atoms with Gasteiger partial charge < -0.3 is 27.1 Å². The van der Waals surface area contributed by atoms with Gasteiger partial charge in [0, 0.05) is 0 Å². The van der Waals surface area contributed by atoms with Crippen molar-refractivity contribution < 1.29 is 27.1 Å². The van der Waals surface area contributed by atoms with Crippen molar-refractivity contribution in [1.82, 2.24) is 0 Å². The molecule has 0 amide bonds. The highest BCUT2D eigenvalue weighted by Crippen LogP contribution is 2.16. The van der Waals surface area contributed by atoms with Gasteiger partial charge in [-0.1, -0.05) is 0 Å². The lowest BCUT2D eigenvalue weighted by Crippen LogP contribution is -3.00. The molecule has 0 aromatic rings. The van der Waals surface area contributed by atoms with E-state index in [-0.39, 0.29) is 17.9 Å². The van der Waals surface area contributed by atoms with Crippen LogP contribution in [0.1, 0.15) is 20.8 Å². The molecule has 0 bridgehead atoms. The fourth-order valence-corrected chi connectivity index (χ4v) is 1.66. The number of epoxide rings is 1. The maximum Gasteiger partial charge on any atom is 0.130 e. The van der Waals surface area contributed by atoms with Gasteiger partial charge in [0.15, 0.2) is 0 Å². The first-order valence-electron chi connectivity index (χ1n) is 4.73.